The first-order valence-electron chi connectivity index (χ1n) is 7.01. The van der Waals surface area contributed by atoms with E-state index >= 15 is 0 Å². The smallest absolute Gasteiger partial charge is 0.213 e. The van der Waals surface area contributed by atoms with Crippen LogP contribution in [-0.2, 0) is 10.0 Å². The summed E-state index contributed by atoms with van der Waals surface area (Å²) >= 11 is 1.68. The Hall–Kier alpha value is -1.17. The molecule has 1 unspecified atom stereocenters. The van der Waals surface area contributed by atoms with Gasteiger partial charge in [-0.2, -0.15) is 11.3 Å². The van der Waals surface area contributed by atoms with Gasteiger partial charge in [0.15, 0.2) is 0 Å². The van der Waals surface area contributed by atoms with Crippen molar-refractivity contribution in [1.82, 2.24) is 4.72 Å². The number of rotatable bonds is 6. The highest BCUT2D eigenvalue weighted by Gasteiger charge is 2.16. The van der Waals surface area contributed by atoms with Gasteiger partial charge >= 0.3 is 0 Å². The molecule has 0 radical (unpaired) electrons. The largest absolute Gasteiger partial charge is 0.214 e. The average molecular weight is 323 g/mol. The first-order chi connectivity index (χ1) is 9.90. The van der Waals surface area contributed by atoms with Gasteiger partial charge < -0.3 is 0 Å². The quantitative estimate of drug-likeness (QED) is 0.878. The van der Waals surface area contributed by atoms with E-state index in [2.05, 4.69) is 45.8 Å². The van der Waals surface area contributed by atoms with E-state index in [4.69, 9.17) is 0 Å². The first-order valence-corrected chi connectivity index (χ1v) is 9.50. The molecular weight excluding hydrogens is 302 g/mol. The zero-order chi connectivity index (χ0) is 15.5. The topological polar surface area (TPSA) is 46.2 Å². The minimum atomic E-state index is -3.19. The van der Waals surface area contributed by atoms with Gasteiger partial charge in [0.05, 0.1) is 5.25 Å². The lowest BCUT2D eigenvalue weighted by molar-refractivity contribution is 0.566. The van der Waals surface area contributed by atoms with Crippen LogP contribution in [0, 0.1) is 0 Å². The second-order valence-electron chi connectivity index (χ2n) is 5.48. The fourth-order valence-electron chi connectivity index (χ4n) is 1.96. The van der Waals surface area contributed by atoms with Gasteiger partial charge in [0.25, 0.3) is 0 Å². The van der Waals surface area contributed by atoms with E-state index in [0.717, 1.165) is 5.56 Å². The maximum atomic E-state index is 11.8. The minimum absolute atomic E-state index is 0.148. The number of benzene rings is 1. The Morgan fingerprint density at radius 2 is 1.71 bits per heavy atom. The van der Waals surface area contributed by atoms with E-state index in [0.29, 0.717) is 6.54 Å². The summed E-state index contributed by atoms with van der Waals surface area (Å²) in [5.74, 6) is 0.148. The standard InChI is InChI=1S/C16H21NO2S2/c1-12(2)21(18,19)17-10-13(3)14-4-6-15(7-5-14)16-8-9-20-11-16/h4-9,11-13,17H,10H2,1-3H3. The molecule has 1 aromatic carbocycles. The zero-order valence-electron chi connectivity index (χ0n) is 12.5. The fraction of sp³-hybridized carbons (Fsp3) is 0.375. The van der Waals surface area contributed by atoms with Crippen LogP contribution in [0.3, 0.4) is 0 Å². The van der Waals surface area contributed by atoms with Crippen LogP contribution < -0.4 is 4.72 Å². The third-order valence-electron chi connectivity index (χ3n) is 3.55. The van der Waals surface area contributed by atoms with Crippen molar-refractivity contribution >= 4 is 21.4 Å². The molecular formula is C16H21NO2S2. The zero-order valence-corrected chi connectivity index (χ0v) is 14.2. The molecule has 5 heteroatoms. The van der Waals surface area contributed by atoms with Gasteiger partial charge in [0.1, 0.15) is 0 Å². The van der Waals surface area contributed by atoms with E-state index in [1.165, 1.54) is 11.1 Å². The van der Waals surface area contributed by atoms with Gasteiger partial charge in [0.2, 0.25) is 10.0 Å². The van der Waals surface area contributed by atoms with Gasteiger partial charge in [-0.25, -0.2) is 13.1 Å². The van der Waals surface area contributed by atoms with Crippen molar-refractivity contribution < 1.29 is 8.42 Å². The molecule has 1 N–H and O–H groups in total. The summed E-state index contributed by atoms with van der Waals surface area (Å²) in [7, 11) is -3.19. The summed E-state index contributed by atoms with van der Waals surface area (Å²) < 4.78 is 26.2. The highest BCUT2D eigenvalue weighted by atomic mass is 32.2. The molecule has 0 aliphatic heterocycles. The van der Waals surface area contributed by atoms with Crippen molar-refractivity contribution in [2.24, 2.45) is 0 Å². The summed E-state index contributed by atoms with van der Waals surface area (Å²) in [5.41, 5.74) is 3.55. The van der Waals surface area contributed by atoms with Gasteiger partial charge in [-0.3, -0.25) is 0 Å². The van der Waals surface area contributed by atoms with Crippen molar-refractivity contribution in [3.63, 3.8) is 0 Å². The summed E-state index contributed by atoms with van der Waals surface area (Å²) in [6.07, 6.45) is 0. The Morgan fingerprint density at radius 1 is 1.05 bits per heavy atom. The van der Waals surface area contributed by atoms with E-state index in [1.54, 1.807) is 25.2 Å². The van der Waals surface area contributed by atoms with Crippen LogP contribution in [0.25, 0.3) is 11.1 Å². The molecule has 1 aromatic heterocycles. The molecule has 114 valence electrons. The molecule has 0 aliphatic rings. The molecule has 2 rings (SSSR count). The third kappa shape index (κ3) is 4.15. The second kappa shape index (κ2) is 6.73. The van der Waals surface area contributed by atoms with Crippen molar-refractivity contribution in [2.75, 3.05) is 6.54 Å². The number of sulfonamides is 1. The minimum Gasteiger partial charge on any atom is -0.214 e. The van der Waals surface area contributed by atoms with Crippen LogP contribution >= 0.6 is 11.3 Å². The van der Waals surface area contributed by atoms with E-state index in [1.807, 2.05) is 6.92 Å². The van der Waals surface area contributed by atoms with Crippen LogP contribution in [0.2, 0.25) is 0 Å². The molecule has 1 heterocycles. The highest BCUT2D eigenvalue weighted by Crippen LogP contribution is 2.24. The Kier molecular flexibility index (Phi) is 5.19. The Morgan fingerprint density at radius 3 is 2.24 bits per heavy atom. The molecule has 0 spiro atoms. The normalized spacial score (nSPS) is 13.5. The average Bonchev–Trinajstić information content (AvgIpc) is 2.99. The van der Waals surface area contributed by atoms with Crippen LogP contribution in [0.15, 0.2) is 41.1 Å². The van der Waals surface area contributed by atoms with Crippen LogP contribution in [0.5, 0.6) is 0 Å². The second-order valence-corrected chi connectivity index (χ2v) is 8.58. The molecule has 2 aromatic rings. The molecule has 0 bridgehead atoms. The lowest BCUT2D eigenvalue weighted by atomic mass is 9.99. The lowest BCUT2D eigenvalue weighted by Gasteiger charge is -2.15. The van der Waals surface area contributed by atoms with E-state index < -0.39 is 15.3 Å². The molecule has 3 nitrogen and oxygen atoms in total. The van der Waals surface area contributed by atoms with Crippen molar-refractivity contribution in [1.29, 1.82) is 0 Å². The molecule has 0 amide bonds. The SMILES string of the molecule is CC(CNS(=O)(=O)C(C)C)c1ccc(-c2ccsc2)cc1. The molecule has 0 fully saturated rings. The predicted molar refractivity (Wildman–Crippen MR) is 90.2 cm³/mol. The molecule has 1 atom stereocenters. The van der Waals surface area contributed by atoms with Crippen LogP contribution in [-0.4, -0.2) is 20.2 Å². The van der Waals surface area contributed by atoms with E-state index in [9.17, 15) is 8.42 Å². The summed E-state index contributed by atoms with van der Waals surface area (Å²) in [5, 5.41) is 3.78. The highest BCUT2D eigenvalue weighted by molar-refractivity contribution is 7.90. The molecule has 0 saturated carbocycles. The maximum absolute atomic E-state index is 11.8. The van der Waals surface area contributed by atoms with Crippen molar-refractivity contribution in [3.05, 3.63) is 46.7 Å². The Balaban J connectivity index is 2.02. The Bertz CT molecular complexity index is 659. The fourth-order valence-corrected chi connectivity index (χ4v) is 3.44. The van der Waals surface area contributed by atoms with Gasteiger partial charge in [-0.05, 0) is 53.3 Å². The van der Waals surface area contributed by atoms with Crippen LogP contribution in [0.4, 0.5) is 0 Å². The Labute approximate surface area is 131 Å². The summed E-state index contributed by atoms with van der Waals surface area (Å²) in [4.78, 5) is 0. The summed E-state index contributed by atoms with van der Waals surface area (Å²) in [6, 6.07) is 10.4. The number of thiophene rings is 1. The maximum Gasteiger partial charge on any atom is 0.213 e. The molecule has 21 heavy (non-hydrogen) atoms. The number of hydrogen-bond acceptors (Lipinski definition) is 3. The van der Waals surface area contributed by atoms with Crippen molar-refractivity contribution in [2.45, 2.75) is 31.9 Å². The van der Waals surface area contributed by atoms with Crippen molar-refractivity contribution in [3.8, 4) is 11.1 Å². The number of nitrogens with one attached hydrogen (secondary N) is 1. The van der Waals surface area contributed by atoms with Gasteiger partial charge in [-0.15, -0.1) is 0 Å². The number of hydrogen-bond donors (Lipinski definition) is 1. The van der Waals surface area contributed by atoms with Gasteiger partial charge in [0, 0.05) is 6.54 Å². The summed E-state index contributed by atoms with van der Waals surface area (Å²) in [6.45, 7) is 5.83. The first kappa shape index (κ1) is 16.2. The molecule has 0 saturated heterocycles. The third-order valence-corrected chi connectivity index (χ3v) is 6.04. The van der Waals surface area contributed by atoms with E-state index in [-0.39, 0.29) is 5.92 Å². The predicted octanol–water partition coefficient (Wildman–Crippen LogP) is 3.85. The van der Waals surface area contributed by atoms with Crippen LogP contribution in [0.1, 0.15) is 32.3 Å². The monoisotopic (exact) mass is 323 g/mol. The molecule has 0 aliphatic carbocycles. The van der Waals surface area contributed by atoms with Gasteiger partial charge in [-0.1, -0.05) is 31.2 Å². The lowest BCUT2D eigenvalue weighted by Crippen LogP contribution is -2.33.